The highest BCUT2D eigenvalue weighted by Gasteiger charge is 2.05. The molecular formula is C8H17O2. The van der Waals surface area contributed by atoms with Gasteiger partial charge in [-0.3, -0.25) is 0 Å². The molecule has 0 aromatic rings. The van der Waals surface area contributed by atoms with E-state index in [0.29, 0.717) is 12.5 Å². The van der Waals surface area contributed by atoms with Gasteiger partial charge in [0.25, 0.3) is 0 Å². The Hall–Kier alpha value is -0.0800. The maximum absolute atomic E-state index is 10.1. The van der Waals surface area contributed by atoms with Crippen molar-refractivity contribution in [3.05, 3.63) is 0 Å². The molecule has 0 aromatic carbocycles. The van der Waals surface area contributed by atoms with E-state index in [1.165, 1.54) is 0 Å². The third-order valence-corrected chi connectivity index (χ3v) is 1.56. The van der Waals surface area contributed by atoms with Gasteiger partial charge in [-0.05, 0) is 26.7 Å². The Balaban J connectivity index is 3.27. The highest BCUT2D eigenvalue weighted by atomic mass is 16.5. The fourth-order valence-corrected chi connectivity index (χ4v) is 0.727. The minimum absolute atomic E-state index is 0.0302. The smallest absolute Gasteiger partial charge is 0.0846 e. The molecule has 2 atom stereocenters. The molecule has 0 aliphatic rings. The van der Waals surface area contributed by atoms with Gasteiger partial charge in [-0.25, -0.2) is 5.11 Å². The Morgan fingerprint density at radius 3 is 2.30 bits per heavy atom. The molecule has 0 heterocycles. The second kappa shape index (κ2) is 5.69. The van der Waals surface area contributed by atoms with Gasteiger partial charge in [-0.1, -0.05) is 6.92 Å². The average Bonchev–Trinajstić information content (AvgIpc) is 1.88. The van der Waals surface area contributed by atoms with Crippen LogP contribution in [0.1, 0.15) is 33.6 Å². The van der Waals surface area contributed by atoms with Crippen LogP contribution < -0.4 is 0 Å². The van der Waals surface area contributed by atoms with E-state index < -0.39 is 0 Å². The Morgan fingerprint density at radius 2 is 1.90 bits per heavy atom. The van der Waals surface area contributed by atoms with Crippen LogP contribution in [-0.2, 0) is 9.84 Å². The van der Waals surface area contributed by atoms with E-state index in [1.807, 2.05) is 13.8 Å². The van der Waals surface area contributed by atoms with Gasteiger partial charge in [-0.15, -0.1) is 0 Å². The first kappa shape index (κ1) is 9.92. The molecule has 0 saturated heterocycles. The van der Waals surface area contributed by atoms with Crippen molar-refractivity contribution in [3.8, 4) is 0 Å². The lowest BCUT2D eigenvalue weighted by molar-refractivity contribution is -0.0103. The Labute approximate surface area is 63.2 Å². The summed E-state index contributed by atoms with van der Waals surface area (Å²) in [5, 5.41) is 10.1. The summed E-state index contributed by atoms with van der Waals surface area (Å²) in [5.41, 5.74) is 0. The Bertz CT molecular complexity index is 73.7. The van der Waals surface area contributed by atoms with Crippen LogP contribution >= 0.6 is 0 Å². The van der Waals surface area contributed by atoms with Crippen LogP contribution in [0, 0.1) is 0 Å². The summed E-state index contributed by atoms with van der Waals surface area (Å²) in [6.45, 7) is 6.03. The summed E-state index contributed by atoms with van der Waals surface area (Å²) in [6.07, 6.45) is 2.07. The largest absolute Gasteiger partial charge is 0.375 e. The predicted molar refractivity (Wildman–Crippen MR) is 40.5 cm³/mol. The van der Waals surface area contributed by atoms with Crippen LogP contribution in [0.4, 0.5) is 0 Å². The SMILES string of the molecule is CCC(C)OC(C)CC[O]. The first-order valence-electron chi connectivity index (χ1n) is 3.94. The number of hydrogen-bond acceptors (Lipinski definition) is 1. The van der Waals surface area contributed by atoms with E-state index in [0.717, 1.165) is 6.42 Å². The summed E-state index contributed by atoms with van der Waals surface area (Å²) in [7, 11) is 0. The fourth-order valence-electron chi connectivity index (χ4n) is 0.727. The molecule has 2 unspecified atom stereocenters. The van der Waals surface area contributed by atoms with Gasteiger partial charge < -0.3 is 4.74 Å². The average molecular weight is 145 g/mol. The molecule has 0 rings (SSSR count). The highest BCUT2D eigenvalue weighted by Crippen LogP contribution is 2.03. The van der Waals surface area contributed by atoms with Crippen molar-refractivity contribution in [2.75, 3.05) is 6.61 Å². The predicted octanol–water partition coefficient (Wildman–Crippen LogP) is 2.01. The van der Waals surface area contributed by atoms with Crippen molar-refractivity contribution in [3.63, 3.8) is 0 Å². The molecule has 0 bridgehead atoms. The van der Waals surface area contributed by atoms with Crippen LogP contribution in [0.25, 0.3) is 0 Å². The van der Waals surface area contributed by atoms with E-state index in [1.54, 1.807) is 0 Å². The van der Waals surface area contributed by atoms with Crippen LogP contribution in [0.5, 0.6) is 0 Å². The van der Waals surface area contributed by atoms with Crippen molar-refractivity contribution in [2.24, 2.45) is 0 Å². The van der Waals surface area contributed by atoms with Crippen molar-refractivity contribution >= 4 is 0 Å². The van der Waals surface area contributed by atoms with Crippen molar-refractivity contribution in [1.29, 1.82) is 0 Å². The van der Waals surface area contributed by atoms with E-state index in [9.17, 15) is 5.11 Å². The van der Waals surface area contributed by atoms with Crippen LogP contribution in [0.3, 0.4) is 0 Å². The molecule has 1 radical (unpaired) electrons. The van der Waals surface area contributed by atoms with E-state index in [2.05, 4.69) is 6.92 Å². The molecule has 0 N–H and O–H groups in total. The summed E-state index contributed by atoms with van der Waals surface area (Å²) in [6, 6.07) is 0. The Kier molecular flexibility index (Phi) is 5.64. The summed E-state index contributed by atoms with van der Waals surface area (Å²) in [4.78, 5) is 0. The zero-order valence-electron chi connectivity index (χ0n) is 7.09. The topological polar surface area (TPSA) is 29.1 Å². The minimum atomic E-state index is -0.0302. The lowest BCUT2D eigenvalue weighted by Gasteiger charge is -2.16. The normalized spacial score (nSPS) is 16.8. The molecule has 0 aromatic heterocycles. The van der Waals surface area contributed by atoms with Gasteiger partial charge in [0.2, 0.25) is 0 Å². The lowest BCUT2D eigenvalue weighted by atomic mass is 10.2. The number of ether oxygens (including phenoxy) is 1. The van der Waals surface area contributed by atoms with Crippen molar-refractivity contribution in [2.45, 2.75) is 45.8 Å². The number of rotatable bonds is 5. The molecular weight excluding hydrogens is 128 g/mol. The van der Waals surface area contributed by atoms with Gasteiger partial charge in [0.05, 0.1) is 18.8 Å². The van der Waals surface area contributed by atoms with Crippen molar-refractivity contribution < 1.29 is 9.84 Å². The number of hydrogen-bond donors (Lipinski definition) is 0. The van der Waals surface area contributed by atoms with Crippen molar-refractivity contribution in [1.82, 2.24) is 0 Å². The van der Waals surface area contributed by atoms with Gasteiger partial charge in [0.15, 0.2) is 0 Å². The molecule has 0 aliphatic heterocycles. The van der Waals surface area contributed by atoms with Gasteiger partial charge in [-0.2, -0.15) is 0 Å². The van der Waals surface area contributed by atoms with Crippen LogP contribution in [0.2, 0.25) is 0 Å². The second-order valence-electron chi connectivity index (χ2n) is 2.66. The third kappa shape index (κ3) is 4.77. The molecule has 0 saturated carbocycles. The van der Waals surface area contributed by atoms with Crippen LogP contribution in [-0.4, -0.2) is 18.8 Å². The molecule has 61 valence electrons. The van der Waals surface area contributed by atoms with E-state index in [4.69, 9.17) is 4.74 Å². The zero-order chi connectivity index (χ0) is 7.98. The molecule has 0 fully saturated rings. The maximum atomic E-state index is 10.1. The lowest BCUT2D eigenvalue weighted by Crippen LogP contribution is -2.16. The molecule has 2 heteroatoms. The summed E-state index contributed by atoms with van der Waals surface area (Å²) >= 11 is 0. The zero-order valence-corrected chi connectivity index (χ0v) is 7.09. The van der Waals surface area contributed by atoms with Gasteiger partial charge >= 0.3 is 0 Å². The maximum Gasteiger partial charge on any atom is 0.0846 e. The quantitative estimate of drug-likeness (QED) is 0.581. The van der Waals surface area contributed by atoms with Gasteiger partial charge in [0, 0.05) is 0 Å². The first-order chi connectivity index (χ1) is 4.70. The second-order valence-corrected chi connectivity index (χ2v) is 2.66. The molecule has 2 nitrogen and oxygen atoms in total. The van der Waals surface area contributed by atoms with E-state index >= 15 is 0 Å². The highest BCUT2D eigenvalue weighted by molar-refractivity contribution is 4.52. The van der Waals surface area contributed by atoms with E-state index in [-0.39, 0.29) is 12.7 Å². The molecule has 10 heavy (non-hydrogen) atoms. The van der Waals surface area contributed by atoms with Gasteiger partial charge in [0.1, 0.15) is 0 Å². The van der Waals surface area contributed by atoms with Crippen LogP contribution in [0.15, 0.2) is 0 Å². The fraction of sp³-hybridized carbons (Fsp3) is 1.00. The summed E-state index contributed by atoms with van der Waals surface area (Å²) in [5.74, 6) is 0. The molecule has 0 spiro atoms. The standard InChI is InChI=1S/C8H17O2/c1-4-7(2)10-8(3)5-6-9/h7-8H,4-6H2,1-3H3. The Morgan fingerprint density at radius 1 is 1.30 bits per heavy atom. The third-order valence-electron chi connectivity index (χ3n) is 1.56. The molecule has 0 aliphatic carbocycles. The first-order valence-corrected chi connectivity index (χ1v) is 3.94. The minimum Gasteiger partial charge on any atom is -0.375 e. The molecule has 0 amide bonds. The monoisotopic (exact) mass is 145 g/mol. The summed E-state index contributed by atoms with van der Waals surface area (Å²) < 4.78 is 5.44.